The fourth-order valence-electron chi connectivity index (χ4n) is 2.33. The Hall–Kier alpha value is -2.07. The van der Waals surface area contributed by atoms with E-state index in [0.29, 0.717) is 6.61 Å². The molecule has 0 aliphatic carbocycles. The third-order valence-corrected chi connectivity index (χ3v) is 3.59. The van der Waals surface area contributed by atoms with Gasteiger partial charge in [-0.15, -0.1) is 0 Å². The summed E-state index contributed by atoms with van der Waals surface area (Å²) in [6.45, 7) is 4.32. The molecule has 3 rings (SSSR count). The predicted octanol–water partition coefficient (Wildman–Crippen LogP) is 3.09. The normalized spacial score (nSPS) is 15.3. The number of benzene rings is 1. The third-order valence-electron chi connectivity index (χ3n) is 3.59. The van der Waals surface area contributed by atoms with Crippen LogP contribution in [-0.2, 0) is 6.54 Å². The number of nitrogens with zero attached hydrogens (tertiary/aromatic N) is 1. The first kappa shape index (κ1) is 13.9. The topological polar surface area (TPSA) is 43.4 Å². The first-order valence-electron chi connectivity index (χ1n) is 7.36. The van der Waals surface area contributed by atoms with Crippen molar-refractivity contribution in [3.05, 3.63) is 53.9 Å². The summed E-state index contributed by atoms with van der Waals surface area (Å²) in [5, 5.41) is 3.48. The summed E-state index contributed by atoms with van der Waals surface area (Å²) in [5.41, 5.74) is 2.23. The van der Waals surface area contributed by atoms with Crippen LogP contribution in [0.2, 0.25) is 0 Å². The van der Waals surface area contributed by atoms with E-state index in [9.17, 15) is 0 Å². The number of nitrogens with one attached hydrogen (secondary N) is 1. The lowest BCUT2D eigenvalue weighted by Gasteiger charge is -2.16. The standard InChI is InChI=1S/C17H20N2O2/c1-13(19-12-15-5-2-3-8-18-15)14-6-7-16-17(11-14)21-10-4-9-20-16/h2-3,5-8,11,13,19H,4,9-10,12H2,1H3. The van der Waals surface area contributed by atoms with Gasteiger partial charge in [-0.3, -0.25) is 4.98 Å². The number of pyridine rings is 1. The van der Waals surface area contributed by atoms with Gasteiger partial charge in [-0.2, -0.15) is 0 Å². The van der Waals surface area contributed by atoms with Crippen molar-refractivity contribution in [1.82, 2.24) is 10.3 Å². The van der Waals surface area contributed by atoms with Gasteiger partial charge in [-0.1, -0.05) is 12.1 Å². The Morgan fingerprint density at radius 2 is 2.00 bits per heavy atom. The monoisotopic (exact) mass is 284 g/mol. The van der Waals surface area contributed by atoms with Crippen molar-refractivity contribution in [3.8, 4) is 11.5 Å². The molecule has 1 aliphatic rings. The highest BCUT2D eigenvalue weighted by molar-refractivity contribution is 5.44. The molecule has 1 aromatic heterocycles. The van der Waals surface area contributed by atoms with E-state index in [1.807, 2.05) is 30.5 Å². The van der Waals surface area contributed by atoms with Crippen LogP contribution in [0.15, 0.2) is 42.6 Å². The fraction of sp³-hybridized carbons (Fsp3) is 0.353. The Bertz CT molecular complexity index is 587. The molecule has 21 heavy (non-hydrogen) atoms. The number of hydrogen-bond donors (Lipinski definition) is 1. The highest BCUT2D eigenvalue weighted by Gasteiger charge is 2.13. The van der Waals surface area contributed by atoms with Crippen LogP contribution in [0.5, 0.6) is 11.5 Å². The Morgan fingerprint density at radius 3 is 2.81 bits per heavy atom. The highest BCUT2D eigenvalue weighted by Crippen LogP contribution is 2.32. The molecule has 4 heteroatoms. The fourth-order valence-corrected chi connectivity index (χ4v) is 2.33. The smallest absolute Gasteiger partial charge is 0.161 e. The molecule has 0 spiro atoms. The molecule has 0 amide bonds. The van der Waals surface area contributed by atoms with Gasteiger partial charge in [-0.25, -0.2) is 0 Å². The molecular formula is C17H20N2O2. The largest absolute Gasteiger partial charge is 0.490 e. The second-order valence-corrected chi connectivity index (χ2v) is 5.18. The van der Waals surface area contributed by atoms with Gasteiger partial charge in [0.15, 0.2) is 11.5 Å². The maximum absolute atomic E-state index is 5.74. The maximum Gasteiger partial charge on any atom is 0.161 e. The molecule has 1 aliphatic heterocycles. The van der Waals surface area contributed by atoms with Gasteiger partial charge < -0.3 is 14.8 Å². The summed E-state index contributed by atoms with van der Waals surface area (Å²) in [7, 11) is 0. The molecule has 4 nitrogen and oxygen atoms in total. The average Bonchev–Trinajstić information content (AvgIpc) is 2.78. The lowest BCUT2D eigenvalue weighted by molar-refractivity contribution is 0.297. The van der Waals surface area contributed by atoms with Crippen LogP contribution in [0.25, 0.3) is 0 Å². The van der Waals surface area contributed by atoms with Gasteiger partial charge in [0.2, 0.25) is 0 Å². The van der Waals surface area contributed by atoms with Gasteiger partial charge in [0, 0.05) is 25.2 Å². The van der Waals surface area contributed by atoms with E-state index in [4.69, 9.17) is 9.47 Å². The molecule has 1 N–H and O–H groups in total. The Balaban J connectivity index is 1.67. The van der Waals surface area contributed by atoms with Crippen LogP contribution in [0.4, 0.5) is 0 Å². The zero-order chi connectivity index (χ0) is 14.5. The van der Waals surface area contributed by atoms with Gasteiger partial charge in [0.25, 0.3) is 0 Å². The van der Waals surface area contributed by atoms with E-state index in [1.165, 1.54) is 5.56 Å². The van der Waals surface area contributed by atoms with Crippen molar-refractivity contribution in [1.29, 1.82) is 0 Å². The van der Waals surface area contributed by atoms with E-state index in [1.54, 1.807) is 0 Å². The Labute approximate surface area is 125 Å². The summed E-state index contributed by atoms with van der Waals surface area (Å²) in [5.74, 6) is 1.68. The summed E-state index contributed by atoms with van der Waals surface area (Å²) >= 11 is 0. The second kappa shape index (κ2) is 6.59. The molecule has 1 atom stereocenters. The molecule has 0 radical (unpaired) electrons. The minimum Gasteiger partial charge on any atom is -0.490 e. The molecule has 110 valence electrons. The number of rotatable bonds is 4. The number of fused-ring (bicyclic) bond motifs is 1. The lowest BCUT2D eigenvalue weighted by atomic mass is 10.1. The number of aromatic nitrogens is 1. The van der Waals surface area contributed by atoms with Crippen molar-refractivity contribution in [3.63, 3.8) is 0 Å². The lowest BCUT2D eigenvalue weighted by Crippen LogP contribution is -2.18. The maximum atomic E-state index is 5.74. The molecule has 0 fully saturated rings. The molecule has 2 heterocycles. The first-order valence-corrected chi connectivity index (χ1v) is 7.36. The summed E-state index contributed by atoms with van der Waals surface area (Å²) in [6.07, 6.45) is 2.74. The van der Waals surface area contributed by atoms with Crippen LogP contribution in [0.1, 0.15) is 30.6 Å². The molecule has 2 aromatic rings. The van der Waals surface area contributed by atoms with Crippen LogP contribution >= 0.6 is 0 Å². The van der Waals surface area contributed by atoms with Gasteiger partial charge in [0.1, 0.15) is 0 Å². The van der Waals surface area contributed by atoms with E-state index >= 15 is 0 Å². The second-order valence-electron chi connectivity index (χ2n) is 5.18. The van der Waals surface area contributed by atoms with E-state index in [2.05, 4.69) is 29.4 Å². The summed E-state index contributed by atoms with van der Waals surface area (Å²) in [6, 6.07) is 12.3. The SMILES string of the molecule is CC(NCc1ccccn1)c1ccc2c(c1)OCCCO2. The molecule has 0 bridgehead atoms. The van der Waals surface area contributed by atoms with Crippen LogP contribution < -0.4 is 14.8 Å². The highest BCUT2D eigenvalue weighted by atomic mass is 16.5. The van der Waals surface area contributed by atoms with Crippen molar-refractivity contribution in [2.75, 3.05) is 13.2 Å². The van der Waals surface area contributed by atoms with Gasteiger partial charge in [-0.05, 0) is 36.8 Å². The Morgan fingerprint density at radius 1 is 1.14 bits per heavy atom. The average molecular weight is 284 g/mol. The molecule has 0 saturated carbocycles. The number of ether oxygens (including phenoxy) is 2. The van der Waals surface area contributed by atoms with E-state index in [0.717, 1.165) is 36.8 Å². The zero-order valence-electron chi connectivity index (χ0n) is 12.2. The van der Waals surface area contributed by atoms with Crippen molar-refractivity contribution in [2.45, 2.75) is 25.9 Å². The van der Waals surface area contributed by atoms with Crippen LogP contribution in [-0.4, -0.2) is 18.2 Å². The van der Waals surface area contributed by atoms with Gasteiger partial charge >= 0.3 is 0 Å². The van der Waals surface area contributed by atoms with Gasteiger partial charge in [0.05, 0.1) is 18.9 Å². The van der Waals surface area contributed by atoms with Crippen LogP contribution in [0.3, 0.4) is 0 Å². The minimum atomic E-state index is 0.226. The number of hydrogen-bond acceptors (Lipinski definition) is 4. The minimum absolute atomic E-state index is 0.226. The summed E-state index contributed by atoms with van der Waals surface area (Å²) < 4.78 is 11.4. The molecule has 1 unspecified atom stereocenters. The zero-order valence-corrected chi connectivity index (χ0v) is 12.2. The predicted molar refractivity (Wildman–Crippen MR) is 81.5 cm³/mol. The third kappa shape index (κ3) is 3.52. The molecule has 1 aromatic carbocycles. The molecular weight excluding hydrogens is 264 g/mol. The summed E-state index contributed by atoms with van der Waals surface area (Å²) in [4.78, 5) is 4.32. The quantitative estimate of drug-likeness (QED) is 0.937. The van der Waals surface area contributed by atoms with Crippen molar-refractivity contribution in [2.24, 2.45) is 0 Å². The van der Waals surface area contributed by atoms with E-state index in [-0.39, 0.29) is 6.04 Å². The first-order chi connectivity index (χ1) is 10.3. The van der Waals surface area contributed by atoms with E-state index < -0.39 is 0 Å². The Kier molecular flexibility index (Phi) is 4.36. The van der Waals surface area contributed by atoms with Crippen LogP contribution in [0, 0.1) is 0 Å². The van der Waals surface area contributed by atoms with Crippen molar-refractivity contribution >= 4 is 0 Å². The van der Waals surface area contributed by atoms with Crippen molar-refractivity contribution < 1.29 is 9.47 Å². The molecule has 0 saturated heterocycles.